The third kappa shape index (κ3) is 4.28. The summed E-state index contributed by atoms with van der Waals surface area (Å²) in [6.07, 6.45) is 4.05. The molecule has 1 aliphatic rings. The van der Waals surface area contributed by atoms with Crippen LogP contribution in [0.2, 0.25) is 5.02 Å². The third-order valence-corrected chi connectivity index (χ3v) is 7.60. The number of halogens is 1. The molecular formula is C20H26ClN3O4S. The van der Waals surface area contributed by atoms with Crippen LogP contribution in [0.5, 0.6) is 11.6 Å². The van der Waals surface area contributed by atoms with Crippen LogP contribution in [0.4, 0.5) is 5.69 Å². The molecule has 0 amide bonds. The van der Waals surface area contributed by atoms with Crippen molar-refractivity contribution >= 4 is 32.8 Å². The molecule has 9 heteroatoms. The van der Waals surface area contributed by atoms with Crippen LogP contribution in [0.3, 0.4) is 0 Å². The lowest BCUT2D eigenvalue weighted by Crippen LogP contribution is -2.22. The molecule has 0 atom stereocenters. The van der Waals surface area contributed by atoms with Crippen molar-refractivity contribution < 1.29 is 18.8 Å². The van der Waals surface area contributed by atoms with Crippen molar-refractivity contribution in [3.05, 3.63) is 34.5 Å². The van der Waals surface area contributed by atoms with E-state index in [1.165, 1.54) is 24.1 Å². The lowest BCUT2D eigenvalue weighted by Gasteiger charge is -2.20. The van der Waals surface area contributed by atoms with Crippen LogP contribution >= 0.6 is 11.6 Å². The van der Waals surface area contributed by atoms with E-state index in [0.717, 1.165) is 19.3 Å². The second-order valence-electron chi connectivity index (χ2n) is 8.10. The smallest absolute Gasteiger partial charge is 0.221 e. The average molecular weight is 440 g/mol. The van der Waals surface area contributed by atoms with E-state index < -0.39 is 21.1 Å². The highest BCUT2D eigenvalue weighted by atomic mass is 35.5. The number of aromatic hydroxyl groups is 1. The molecule has 7 nitrogen and oxygen atoms in total. The number of ether oxygens (including phenoxy) is 1. The Morgan fingerprint density at radius 1 is 1.24 bits per heavy atom. The summed E-state index contributed by atoms with van der Waals surface area (Å²) in [5, 5.41) is 14.7. The van der Waals surface area contributed by atoms with Gasteiger partial charge in [0.2, 0.25) is 11.7 Å². The number of carbonyl (C=O) groups is 1. The van der Waals surface area contributed by atoms with Crippen molar-refractivity contribution in [3.63, 3.8) is 0 Å². The maximum Gasteiger partial charge on any atom is 0.221 e. The van der Waals surface area contributed by atoms with Crippen LogP contribution in [-0.4, -0.2) is 43.5 Å². The van der Waals surface area contributed by atoms with Crippen LogP contribution in [0.25, 0.3) is 0 Å². The molecule has 0 saturated carbocycles. The Morgan fingerprint density at radius 2 is 1.90 bits per heavy atom. The second-order valence-corrected chi connectivity index (χ2v) is 11.0. The number of benzene rings is 1. The van der Waals surface area contributed by atoms with Gasteiger partial charge in [0.05, 0.1) is 33.6 Å². The zero-order valence-electron chi connectivity index (χ0n) is 17.1. The average Bonchev–Trinajstić information content (AvgIpc) is 3.05. The summed E-state index contributed by atoms with van der Waals surface area (Å²) in [6.45, 7) is 5.60. The molecule has 2 heterocycles. The molecule has 2 aromatic rings. The minimum atomic E-state index is -2.45. The van der Waals surface area contributed by atoms with Crippen LogP contribution in [0, 0.1) is 0 Å². The third-order valence-electron chi connectivity index (χ3n) is 4.85. The molecule has 1 aromatic carbocycles. The monoisotopic (exact) mass is 439 g/mol. The quantitative estimate of drug-likeness (QED) is 0.707. The number of carbonyl (C=O) groups excluding carboxylic acids is 1. The number of ketones is 1. The first-order valence-electron chi connectivity index (χ1n) is 9.48. The van der Waals surface area contributed by atoms with Crippen molar-refractivity contribution in [2.75, 3.05) is 18.6 Å². The van der Waals surface area contributed by atoms with Gasteiger partial charge in [-0.2, -0.15) is 9.46 Å². The van der Waals surface area contributed by atoms with Crippen LogP contribution in [0.1, 0.15) is 56.0 Å². The van der Waals surface area contributed by atoms with E-state index >= 15 is 0 Å². The Labute approximate surface area is 176 Å². The van der Waals surface area contributed by atoms with E-state index in [2.05, 4.69) is 9.46 Å². The molecule has 158 valence electrons. The largest absolute Gasteiger partial charge is 0.494 e. The van der Waals surface area contributed by atoms with Crippen LogP contribution < -0.4 is 4.74 Å². The van der Waals surface area contributed by atoms with Crippen molar-refractivity contribution in [2.24, 2.45) is 4.36 Å². The maximum absolute atomic E-state index is 13.1. The van der Waals surface area contributed by atoms with Crippen molar-refractivity contribution in [3.8, 4) is 11.6 Å². The van der Waals surface area contributed by atoms with Gasteiger partial charge < -0.3 is 9.84 Å². The van der Waals surface area contributed by atoms with Crippen LogP contribution in [0.15, 0.2) is 22.7 Å². The molecule has 1 aromatic heterocycles. The fourth-order valence-corrected chi connectivity index (χ4v) is 5.85. The molecule has 1 N–H and O–H groups in total. The van der Waals surface area contributed by atoms with E-state index in [0.29, 0.717) is 17.3 Å². The molecule has 3 rings (SSSR count). The highest BCUT2D eigenvalue weighted by molar-refractivity contribution is 7.93. The van der Waals surface area contributed by atoms with Gasteiger partial charge in [-0.3, -0.25) is 4.79 Å². The molecule has 0 bridgehead atoms. The summed E-state index contributed by atoms with van der Waals surface area (Å²) in [5.41, 5.74) is -0.0882. The Hall–Kier alpha value is -2.06. The normalized spacial score (nSPS) is 16.4. The van der Waals surface area contributed by atoms with Crippen molar-refractivity contribution in [2.45, 2.75) is 45.6 Å². The Balaban J connectivity index is 2.10. The Kier molecular flexibility index (Phi) is 5.96. The van der Waals surface area contributed by atoms with Crippen molar-refractivity contribution in [1.82, 2.24) is 9.78 Å². The molecule has 1 saturated heterocycles. The van der Waals surface area contributed by atoms with Crippen molar-refractivity contribution in [1.29, 1.82) is 0 Å². The van der Waals surface area contributed by atoms with Gasteiger partial charge in [-0.05, 0) is 45.7 Å². The molecule has 0 aliphatic carbocycles. The first kappa shape index (κ1) is 21.6. The van der Waals surface area contributed by atoms with Gasteiger partial charge in [-0.1, -0.05) is 18.0 Å². The summed E-state index contributed by atoms with van der Waals surface area (Å²) < 4.78 is 24.3. The standard InChI is InChI=1S/C20H26ClN3O4S/c1-20(2,3)24-19(26)14(12-22-24)18(25)13-8-9-15(28-4)17(16(13)21)23-29(27)10-6-5-7-11-29/h8-9,12,26H,5-7,10-11H2,1-4H3. The fourth-order valence-electron chi connectivity index (χ4n) is 3.30. The number of rotatable bonds is 4. The van der Waals surface area contributed by atoms with E-state index in [1.807, 2.05) is 20.8 Å². The minimum absolute atomic E-state index is 0.0415. The lowest BCUT2D eigenvalue weighted by atomic mass is 10.0. The summed E-state index contributed by atoms with van der Waals surface area (Å²) in [6, 6.07) is 3.10. The number of methoxy groups -OCH3 is 1. The van der Waals surface area contributed by atoms with E-state index in [9.17, 15) is 14.1 Å². The van der Waals surface area contributed by atoms with Gasteiger partial charge in [0.25, 0.3) is 0 Å². The summed E-state index contributed by atoms with van der Waals surface area (Å²) >= 11 is 6.54. The highest BCUT2D eigenvalue weighted by Crippen LogP contribution is 2.40. The SMILES string of the molecule is COc1ccc(C(=O)c2cnn(C(C)(C)C)c2O)c(Cl)c1N=S1(=O)CCCCC1. The highest BCUT2D eigenvalue weighted by Gasteiger charge is 2.27. The Morgan fingerprint density at radius 3 is 2.45 bits per heavy atom. The zero-order valence-corrected chi connectivity index (χ0v) is 18.6. The summed E-state index contributed by atoms with van der Waals surface area (Å²) in [4.78, 5) is 13.1. The number of hydrogen-bond donors (Lipinski definition) is 1. The Bertz CT molecular complexity index is 1050. The number of nitrogens with zero attached hydrogens (tertiary/aromatic N) is 3. The van der Waals surface area contributed by atoms with E-state index in [4.69, 9.17) is 16.3 Å². The number of hydrogen-bond acceptors (Lipinski definition) is 6. The lowest BCUT2D eigenvalue weighted by molar-refractivity contribution is 0.103. The predicted octanol–water partition coefficient (Wildman–Crippen LogP) is 4.52. The van der Waals surface area contributed by atoms with Gasteiger partial charge in [-0.25, -0.2) is 8.89 Å². The van der Waals surface area contributed by atoms with Crippen LogP contribution in [-0.2, 0) is 15.3 Å². The number of aromatic nitrogens is 2. The summed E-state index contributed by atoms with van der Waals surface area (Å²) in [7, 11) is -0.974. The van der Waals surface area contributed by atoms with E-state index in [1.54, 1.807) is 6.07 Å². The first-order valence-corrected chi connectivity index (χ1v) is 11.7. The fraction of sp³-hybridized carbons (Fsp3) is 0.500. The topological polar surface area (TPSA) is 93.8 Å². The molecule has 0 radical (unpaired) electrons. The molecule has 29 heavy (non-hydrogen) atoms. The van der Waals surface area contributed by atoms with E-state index in [-0.39, 0.29) is 27.7 Å². The minimum Gasteiger partial charge on any atom is -0.494 e. The van der Waals surface area contributed by atoms with Gasteiger partial charge in [-0.15, -0.1) is 0 Å². The molecule has 1 aliphatic heterocycles. The second kappa shape index (κ2) is 7.99. The summed E-state index contributed by atoms with van der Waals surface area (Å²) in [5.74, 6) is 0.648. The molecule has 0 unspecified atom stereocenters. The predicted molar refractivity (Wildman–Crippen MR) is 114 cm³/mol. The molecule has 0 spiro atoms. The first-order chi connectivity index (χ1) is 13.6. The van der Waals surface area contributed by atoms with Gasteiger partial charge in [0.1, 0.15) is 17.0 Å². The zero-order chi connectivity index (χ0) is 21.4. The molecular weight excluding hydrogens is 414 g/mol. The van der Waals surface area contributed by atoms with Gasteiger partial charge in [0.15, 0.2) is 0 Å². The van der Waals surface area contributed by atoms with Gasteiger partial charge in [0, 0.05) is 17.1 Å². The molecule has 1 fully saturated rings. The van der Waals surface area contributed by atoms with Gasteiger partial charge >= 0.3 is 0 Å². The maximum atomic E-state index is 13.1.